The van der Waals surface area contributed by atoms with Crippen LogP contribution in [0.3, 0.4) is 0 Å². The maximum absolute atomic E-state index is 13.6. The van der Waals surface area contributed by atoms with Crippen LogP contribution in [0, 0.1) is 5.82 Å². The smallest absolute Gasteiger partial charge is 0.249 e. The fourth-order valence-electron chi connectivity index (χ4n) is 4.23. The SMILES string of the molecule is CC(c1ccc(-n2cc(F)cn2)nc1)N1C(=O)C2(CCNCC2)NC(=O)C1(C)C. The number of hydrogen-bond acceptors (Lipinski definition) is 5. The maximum atomic E-state index is 13.6. The molecular weight excluding hydrogens is 375 g/mol. The molecule has 0 bridgehead atoms. The van der Waals surface area contributed by atoms with Crippen molar-refractivity contribution in [1.82, 2.24) is 30.3 Å². The van der Waals surface area contributed by atoms with E-state index < -0.39 is 16.9 Å². The molecule has 0 aliphatic carbocycles. The quantitative estimate of drug-likeness (QED) is 0.811. The monoisotopic (exact) mass is 400 g/mol. The van der Waals surface area contributed by atoms with Crippen molar-refractivity contribution in [3.05, 3.63) is 42.1 Å². The van der Waals surface area contributed by atoms with Crippen molar-refractivity contribution >= 4 is 11.8 Å². The first-order chi connectivity index (χ1) is 13.7. The molecule has 29 heavy (non-hydrogen) atoms. The first-order valence-corrected chi connectivity index (χ1v) is 9.78. The van der Waals surface area contributed by atoms with Gasteiger partial charge in [-0.15, -0.1) is 0 Å². The van der Waals surface area contributed by atoms with E-state index in [1.165, 1.54) is 10.9 Å². The van der Waals surface area contributed by atoms with E-state index in [-0.39, 0.29) is 17.9 Å². The molecule has 0 aromatic carbocycles. The highest BCUT2D eigenvalue weighted by atomic mass is 19.1. The van der Waals surface area contributed by atoms with E-state index in [1.807, 2.05) is 13.0 Å². The molecule has 2 aliphatic heterocycles. The summed E-state index contributed by atoms with van der Waals surface area (Å²) in [5.74, 6) is -0.179. The lowest BCUT2D eigenvalue weighted by atomic mass is 9.79. The van der Waals surface area contributed by atoms with Crippen LogP contribution < -0.4 is 10.6 Å². The largest absolute Gasteiger partial charge is 0.340 e. The van der Waals surface area contributed by atoms with E-state index in [9.17, 15) is 14.0 Å². The highest BCUT2D eigenvalue weighted by Crippen LogP contribution is 2.37. The summed E-state index contributed by atoms with van der Waals surface area (Å²) in [6, 6.07) is 3.20. The molecule has 2 N–H and O–H groups in total. The summed E-state index contributed by atoms with van der Waals surface area (Å²) < 4.78 is 14.5. The van der Waals surface area contributed by atoms with Crippen LogP contribution in [0.15, 0.2) is 30.7 Å². The number of carbonyl (C=O) groups excluding carboxylic acids is 2. The predicted octanol–water partition coefficient (Wildman–Crippen LogP) is 1.33. The second-order valence-corrected chi connectivity index (χ2v) is 8.25. The molecular formula is C20H25FN6O2. The highest BCUT2D eigenvalue weighted by molar-refractivity contribution is 6.02. The summed E-state index contributed by atoms with van der Waals surface area (Å²) in [6.07, 6.45) is 5.14. The van der Waals surface area contributed by atoms with Gasteiger partial charge in [0.1, 0.15) is 11.1 Å². The summed E-state index contributed by atoms with van der Waals surface area (Å²) in [5, 5.41) is 10.2. The zero-order valence-electron chi connectivity index (χ0n) is 16.8. The Bertz CT molecular complexity index is 933. The zero-order chi connectivity index (χ0) is 20.8. The van der Waals surface area contributed by atoms with Crippen molar-refractivity contribution in [3.8, 4) is 5.82 Å². The normalized spacial score (nSPS) is 21.9. The van der Waals surface area contributed by atoms with Gasteiger partial charge in [-0.05, 0) is 58.3 Å². The third-order valence-corrected chi connectivity index (χ3v) is 6.02. The van der Waals surface area contributed by atoms with E-state index in [0.717, 1.165) is 11.8 Å². The van der Waals surface area contributed by atoms with E-state index in [1.54, 1.807) is 31.0 Å². The number of nitrogens with zero attached hydrogens (tertiary/aromatic N) is 4. The van der Waals surface area contributed by atoms with E-state index in [2.05, 4.69) is 20.7 Å². The molecule has 9 heteroatoms. The third-order valence-electron chi connectivity index (χ3n) is 6.02. The Labute approximate surface area is 168 Å². The number of pyridine rings is 1. The van der Waals surface area contributed by atoms with Gasteiger partial charge in [0.15, 0.2) is 11.6 Å². The fraction of sp³-hybridized carbons (Fsp3) is 0.500. The first-order valence-electron chi connectivity index (χ1n) is 9.78. The van der Waals surface area contributed by atoms with Gasteiger partial charge in [-0.2, -0.15) is 5.10 Å². The molecule has 4 rings (SSSR count). The summed E-state index contributed by atoms with van der Waals surface area (Å²) in [5.41, 5.74) is -1.05. The van der Waals surface area contributed by atoms with Crippen molar-refractivity contribution in [2.45, 2.75) is 50.7 Å². The minimum Gasteiger partial charge on any atom is -0.340 e. The standard InChI is InChI=1S/C20H25FN6O2/c1-13(14-4-5-16(23-10-14)26-12-15(21)11-24-26)27-18(29)20(6-8-22-9-7-20)25-17(28)19(27,2)3/h4-5,10-13,22H,6-9H2,1-3H3,(H,25,28). The third kappa shape index (κ3) is 3.19. The molecule has 4 heterocycles. The van der Waals surface area contributed by atoms with Gasteiger partial charge in [0, 0.05) is 6.20 Å². The second-order valence-electron chi connectivity index (χ2n) is 8.25. The number of nitrogens with one attached hydrogen (secondary N) is 2. The molecule has 2 aromatic heterocycles. The van der Waals surface area contributed by atoms with Crippen LogP contribution in [0.25, 0.3) is 5.82 Å². The molecule has 1 unspecified atom stereocenters. The maximum Gasteiger partial charge on any atom is 0.249 e. The molecule has 154 valence electrons. The Morgan fingerprint density at radius 1 is 1.17 bits per heavy atom. The van der Waals surface area contributed by atoms with Gasteiger partial charge in [-0.25, -0.2) is 14.1 Å². The lowest BCUT2D eigenvalue weighted by Crippen LogP contribution is -2.75. The lowest BCUT2D eigenvalue weighted by Gasteiger charge is -2.53. The Morgan fingerprint density at radius 3 is 2.48 bits per heavy atom. The number of piperidine rings is 1. The van der Waals surface area contributed by atoms with Gasteiger partial charge in [-0.3, -0.25) is 9.59 Å². The van der Waals surface area contributed by atoms with Gasteiger partial charge >= 0.3 is 0 Å². The lowest BCUT2D eigenvalue weighted by molar-refractivity contribution is -0.165. The summed E-state index contributed by atoms with van der Waals surface area (Å²) in [6.45, 7) is 6.80. The van der Waals surface area contributed by atoms with Crippen LogP contribution in [0.5, 0.6) is 0 Å². The predicted molar refractivity (Wildman–Crippen MR) is 104 cm³/mol. The average Bonchev–Trinajstić information content (AvgIpc) is 3.14. The molecule has 0 saturated carbocycles. The van der Waals surface area contributed by atoms with E-state index in [4.69, 9.17) is 0 Å². The van der Waals surface area contributed by atoms with E-state index >= 15 is 0 Å². The van der Waals surface area contributed by atoms with Gasteiger partial charge in [0.25, 0.3) is 0 Å². The average molecular weight is 400 g/mol. The number of halogens is 1. The minimum absolute atomic E-state index is 0.0608. The number of rotatable bonds is 3. The molecule has 2 aromatic rings. The molecule has 2 fully saturated rings. The molecule has 2 saturated heterocycles. The topological polar surface area (TPSA) is 92.2 Å². The zero-order valence-corrected chi connectivity index (χ0v) is 16.8. The number of hydrogen-bond donors (Lipinski definition) is 2. The first kappa shape index (κ1) is 19.5. The van der Waals surface area contributed by atoms with Gasteiger partial charge in [-0.1, -0.05) is 6.07 Å². The van der Waals surface area contributed by atoms with Gasteiger partial charge in [0.2, 0.25) is 11.8 Å². The van der Waals surface area contributed by atoms with Crippen LogP contribution >= 0.6 is 0 Å². The molecule has 2 aliphatic rings. The molecule has 0 radical (unpaired) electrons. The fourth-order valence-corrected chi connectivity index (χ4v) is 4.23. The van der Waals surface area contributed by atoms with Crippen molar-refractivity contribution in [1.29, 1.82) is 0 Å². The molecule has 2 amide bonds. The Kier molecular flexibility index (Phi) is 4.65. The second kappa shape index (κ2) is 6.91. The Morgan fingerprint density at radius 2 is 1.90 bits per heavy atom. The van der Waals surface area contributed by atoms with Crippen LogP contribution in [0.4, 0.5) is 4.39 Å². The number of carbonyl (C=O) groups is 2. The van der Waals surface area contributed by atoms with Crippen molar-refractivity contribution < 1.29 is 14.0 Å². The van der Waals surface area contributed by atoms with Gasteiger partial charge < -0.3 is 15.5 Å². The van der Waals surface area contributed by atoms with Gasteiger partial charge in [0.05, 0.1) is 18.4 Å². The van der Waals surface area contributed by atoms with Crippen molar-refractivity contribution in [2.24, 2.45) is 0 Å². The van der Waals surface area contributed by atoms with Crippen LogP contribution in [0.1, 0.15) is 45.2 Å². The number of piperazine rings is 1. The summed E-state index contributed by atoms with van der Waals surface area (Å²) in [7, 11) is 0. The number of aromatic nitrogens is 3. The van der Waals surface area contributed by atoms with E-state index in [0.29, 0.717) is 31.7 Å². The number of amides is 2. The van der Waals surface area contributed by atoms with Crippen molar-refractivity contribution in [3.63, 3.8) is 0 Å². The highest BCUT2D eigenvalue weighted by Gasteiger charge is 2.56. The molecule has 1 spiro atoms. The molecule has 8 nitrogen and oxygen atoms in total. The summed E-state index contributed by atoms with van der Waals surface area (Å²) >= 11 is 0. The molecule has 1 atom stereocenters. The Hall–Kier alpha value is -2.81. The van der Waals surface area contributed by atoms with Crippen LogP contribution in [-0.2, 0) is 9.59 Å². The van der Waals surface area contributed by atoms with Crippen LogP contribution in [-0.4, -0.2) is 55.6 Å². The Balaban J connectivity index is 1.65. The summed E-state index contributed by atoms with van der Waals surface area (Å²) in [4.78, 5) is 32.6. The van der Waals surface area contributed by atoms with Crippen molar-refractivity contribution in [2.75, 3.05) is 13.1 Å². The minimum atomic E-state index is -0.990. The van der Waals surface area contributed by atoms with Crippen LogP contribution in [0.2, 0.25) is 0 Å².